The minimum Gasteiger partial charge on any atom is -0.487 e. The van der Waals surface area contributed by atoms with Crippen LogP contribution in [0.4, 0.5) is 0 Å². The normalized spacial score (nSPS) is 19.6. The molecule has 0 saturated heterocycles. The van der Waals surface area contributed by atoms with E-state index >= 15 is 0 Å². The fourth-order valence-corrected chi connectivity index (χ4v) is 5.81. The van der Waals surface area contributed by atoms with Crippen LogP contribution < -0.4 is 4.74 Å². The van der Waals surface area contributed by atoms with Crippen LogP contribution >= 0.6 is 10.8 Å². The van der Waals surface area contributed by atoms with E-state index in [2.05, 4.69) is 5.92 Å². The molecule has 2 aromatic carbocycles. The van der Waals surface area contributed by atoms with Gasteiger partial charge in [0.1, 0.15) is 23.4 Å². The number of terminal acetylenes is 1. The Morgan fingerprint density at radius 3 is 2.71 bits per heavy atom. The first kappa shape index (κ1) is 26.1. The van der Waals surface area contributed by atoms with Crippen molar-refractivity contribution in [3.63, 3.8) is 0 Å². The van der Waals surface area contributed by atoms with Crippen LogP contribution in [0.1, 0.15) is 43.6 Å². The Kier molecular flexibility index (Phi) is 7.96. The van der Waals surface area contributed by atoms with Gasteiger partial charge < -0.3 is 14.2 Å². The summed E-state index contributed by atoms with van der Waals surface area (Å²) in [6.07, 6.45) is 4.52. The molecule has 0 fully saturated rings. The maximum atomic E-state index is 12.5. The second-order valence-corrected chi connectivity index (χ2v) is 11.0. The lowest BCUT2D eigenvalue weighted by molar-refractivity contribution is -0.160. The molecule has 7 nitrogen and oxygen atoms in total. The standard InChI is InChI=1S/C26H33NO6S/c1-7-14-32-24(26(4,5)25(28)31-6)20-13-12-18(2)21(15-20)17-27-16-19(3)33-22-10-8-9-11-23(22)34(27,29)30/h1,8-13,15,19,24,29-30H,14,16-17H2,2-6H3. The van der Waals surface area contributed by atoms with Crippen LogP contribution in [0.5, 0.6) is 5.75 Å². The first-order valence-electron chi connectivity index (χ1n) is 11.0. The average molecular weight is 488 g/mol. The maximum absolute atomic E-state index is 12.5. The van der Waals surface area contributed by atoms with Gasteiger partial charge in [0.25, 0.3) is 0 Å². The third-order valence-electron chi connectivity index (χ3n) is 6.02. The van der Waals surface area contributed by atoms with Crippen molar-refractivity contribution in [3.8, 4) is 18.1 Å². The number of hydrogen-bond acceptors (Lipinski definition) is 7. The molecule has 184 valence electrons. The molecule has 2 N–H and O–H groups in total. The number of fused-ring (bicyclic) bond motifs is 1. The third-order valence-corrected chi connectivity index (χ3v) is 7.94. The summed E-state index contributed by atoms with van der Waals surface area (Å²) < 4.78 is 41.0. The van der Waals surface area contributed by atoms with Gasteiger partial charge in [0.05, 0.1) is 25.2 Å². The Morgan fingerprint density at radius 1 is 1.32 bits per heavy atom. The van der Waals surface area contributed by atoms with E-state index in [0.29, 0.717) is 17.2 Å². The van der Waals surface area contributed by atoms with Gasteiger partial charge in [-0.1, -0.05) is 36.3 Å². The molecule has 0 spiro atoms. The summed E-state index contributed by atoms with van der Waals surface area (Å²) in [5.74, 6) is 2.52. The minimum atomic E-state index is -3.28. The minimum absolute atomic E-state index is 0.0343. The second kappa shape index (κ2) is 10.4. The highest BCUT2D eigenvalue weighted by Crippen LogP contribution is 2.57. The van der Waals surface area contributed by atoms with Gasteiger partial charge in [0.2, 0.25) is 0 Å². The number of hydrogen-bond donors (Lipinski definition) is 2. The molecule has 0 amide bonds. The van der Waals surface area contributed by atoms with Gasteiger partial charge in [-0.2, -0.15) is 4.31 Å². The summed E-state index contributed by atoms with van der Waals surface area (Å²) in [5, 5.41) is 0. The third kappa shape index (κ3) is 5.24. The fraction of sp³-hybridized carbons (Fsp3) is 0.423. The highest BCUT2D eigenvalue weighted by atomic mass is 32.3. The number of carbonyl (C=O) groups excluding carboxylic acids is 1. The van der Waals surface area contributed by atoms with Crippen molar-refractivity contribution in [1.29, 1.82) is 0 Å². The van der Waals surface area contributed by atoms with Crippen LogP contribution in [0, 0.1) is 24.7 Å². The molecule has 34 heavy (non-hydrogen) atoms. The number of rotatable bonds is 7. The smallest absolute Gasteiger partial charge is 0.314 e. The molecule has 2 atom stereocenters. The van der Waals surface area contributed by atoms with Crippen LogP contribution in [0.3, 0.4) is 0 Å². The summed E-state index contributed by atoms with van der Waals surface area (Å²) in [6, 6.07) is 12.8. The van der Waals surface area contributed by atoms with E-state index in [1.54, 1.807) is 36.4 Å². The van der Waals surface area contributed by atoms with Crippen molar-refractivity contribution in [3.05, 3.63) is 59.2 Å². The molecule has 1 heterocycles. The fourth-order valence-electron chi connectivity index (χ4n) is 4.15. The van der Waals surface area contributed by atoms with Crippen molar-refractivity contribution < 1.29 is 28.1 Å². The molecule has 0 radical (unpaired) electrons. The summed E-state index contributed by atoms with van der Waals surface area (Å²) in [6.45, 7) is 7.99. The number of ether oxygens (including phenoxy) is 3. The molecule has 8 heteroatoms. The van der Waals surface area contributed by atoms with Gasteiger partial charge in [-0.3, -0.25) is 13.9 Å². The van der Waals surface area contributed by atoms with Crippen molar-refractivity contribution in [2.45, 2.75) is 51.3 Å². The zero-order valence-electron chi connectivity index (χ0n) is 20.3. The van der Waals surface area contributed by atoms with E-state index in [1.165, 1.54) is 7.11 Å². The quantitative estimate of drug-likeness (QED) is 0.410. The van der Waals surface area contributed by atoms with Crippen LogP contribution in [0.2, 0.25) is 0 Å². The molecule has 2 unspecified atom stereocenters. The first-order chi connectivity index (χ1) is 16.0. The molecule has 3 rings (SSSR count). The summed E-state index contributed by atoms with van der Waals surface area (Å²) >= 11 is 0. The molecular weight excluding hydrogens is 454 g/mol. The zero-order chi connectivity index (χ0) is 25.1. The van der Waals surface area contributed by atoms with Crippen molar-refractivity contribution >= 4 is 16.7 Å². The number of methoxy groups -OCH3 is 1. The number of esters is 1. The Labute approximate surface area is 203 Å². The van der Waals surface area contributed by atoms with Crippen molar-refractivity contribution in [2.24, 2.45) is 5.41 Å². The number of benzene rings is 2. The van der Waals surface area contributed by atoms with E-state index < -0.39 is 28.3 Å². The SMILES string of the molecule is C#CCOC(c1ccc(C)c(CN2CC(C)Oc3ccccc3S2(O)O)c1)C(C)(C)C(=O)OC. The predicted molar refractivity (Wildman–Crippen MR) is 133 cm³/mol. The van der Waals surface area contributed by atoms with Crippen LogP contribution in [0.15, 0.2) is 47.4 Å². The largest absolute Gasteiger partial charge is 0.487 e. The molecule has 0 aliphatic carbocycles. The van der Waals surface area contributed by atoms with Crippen LogP contribution in [0.25, 0.3) is 0 Å². The lowest BCUT2D eigenvalue weighted by atomic mass is 9.81. The zero-order valence-corrected chi connectivity index (χ0v) is 21.1. The Hall–Kier alpha value is -2.54. The maximum Gasteiger partial charge on any atom is 0.314 e. The highest BCUT2D eigenvalue weighted by molar-refractivity contribution is 8.22. The van der Waals surface area contributed by atoms with E-state index in [4.69, 9.17) is 20.6 Å². The topological polar surface area (TPSA) is 88.5 Å². The number of nitrogens with zero attached hydrogens (tertiary/aromatic N) is 1. The average Bonchev–Trinajstić information content (AvgIpc) is 2.88. The summed E-state index contributed by atoms with van der Waals surface area (Å²) in [7, 11) is -1.94. The Morgan fingerprint density at radius 2 is 2.03 bits per heavy atom. The van der Waals surface area contributed by atoms with Gasteiger partial charge >= 0.3 is 5.97 Å². The number of para-hydroxylation sites is 1. The number of aryl methyl sites for hydroxylation is 1. The van der Waals surface area contributed by atoms with Gasteiger partial charge in [-0.15, -0.1) is 17.2 Å². The molecule has 1 aliphatic heterocycles. The predicted octanol–water partition coefficient (Wildman–Crippen LogP) is 5.19. The monoisotopic (exact) mass is 487 g/mol. The molecule has 0 saturated carbocycles. The van der Waals surface area contributed by atoms with Crippen LogP contribution in [-0.2, 0) is 20.8 Å². The van der Waals surface area contributed by atoms with E-state index in [0.717, 1.165) is 16.7 Å². The number of carbonyl (C=O) groups is 1. The summed E-state index contributed by atoms with van der Waals surface area (Å²) in [5.41, 5.74) is 1.60. The molecule has 2 aromatic rings. The van der Waals surface area contributed by atoms with Gasteiger partial charge in [-0.05, 0) is 56.5 Å². The molecule has 0 aromatic heterocycles. The lowest BCUT2D eigenvalue weighted by Gasteiger charge is -2.42. The van der Waals surface area contributed by atoms with Gasteiger partial charge in [0.15, 0.2) is 0 Å². The van der Waals surface area contributed by atoms with Crippen molar-refractivity contribution in [2.75, 3.05) is 20.3 Å². The van der Waals surface area contributed by atoms with E-state index in [9.17, 15) is 13.9 Å². The van der Waals surface area contributed by atoms with E-state index in [-0.39, 0.29) is 19.3 Å². The van der Waals surface area contributed by atoms with Crippen molar-refractivity contribution in [1.82, 2.24) is 4.31 Å². The second-order valence-electron chi connectivity index (χ2n) is 9.01. The van der Waals surface area contributed by atoms with E-state index in [1.807, 2.05) is 38.1 Å². The highest BCUT2D eigenvalue weighted by Gasteiger charge is 2.40. The van der Waals surface area contributed by atoms with Gasteiger partial charge in [0, 0.05) is 6.54 Å². The molecule has 0 bridgehead atoms. The van der Waals surface area contributed by atoms with Crippen LogP contribution in [-0.4, -0.2) is 45.7 Å². The van der Waals surface area contributed by atoms with Gasteiger partial charge in [-0.25, -0.2) is 0 Å². The summed E-state index contributed by atoms with van der Waals surface area (Å²) in [4.78, 5) is 12.9. The lowest BCUT2D eigenvalue weighted by Crippen LogP contribution is -2.35. The molecular formula is C26H33NO6S. The Bertz CT molecular complexity index is 1080. The first-order valence-corrected chi connectivity index (χ1v) is 12.5. The molecule has 1 aliphatic rings. The Balaban J connectivity index is 2.00.